The van der Waals surface area contributed by atoms with Crippen molar-refractivity contribution < 1.29 is 19.1 Å². The number of halogens is 1. The summed E-state index contributed by atoms with van der Waals surface area (Å²) in [7, 11) is 0. The maximum atomic E-state index is 12.5. The largest absolute Gasteiger partial charge is 0.481 e. The van der Waals surface area contributed by atoms with Crippen molar-refractivity contribution in [3.8, 4) is 0 Å². The molecule has 2 rings (SSSR count). The SMILES string of the molecule is CCN(C(=O)c1cc2cccc(Br)c2o1)C(C)CC(=O)O. The highest BCUT2D eigenvalue weighted by molar-refractivity contribution is 9.10. The first-order valence-electron chi connectivity index (χ1n) is 6.64. The van der Waals surface area contributed by atoms with E-state index in [2.05, 4.69) is 15.9 Å². The summed E-state index contributed by atoms with van der Waals surface area (Å²) in [5.74, 6) is -1.01. The topological polar surface area (TPSA) is 70.8 Å². The Labute approximate surface area is 130 Å². The summed E-state index contributed by atoms with van der Waals surface area (Å²) in [4.78, 5) is 24.8. The molecule has 21 heavy (non-hydrogen) atoms. The smallest absolute Gasteiger partial charge is 0.305 e. The Balaban J connectivity index is 2.31. The summed E-state index contributed by atoms with van der Waals surface area (Å²) in [6.07, 6.45) is -0.0937. The molecule has 112 valence electrons. The second kappa shape index (κ2) is 6.30. The zero-order chi connectivity index (χ0) is 15.6. The molecule has 1 aromatic carbocycles. The second-order valence-corrected chi connectivity index (χ2v) is 5.66. The number of hydrogen-bond donors (Lipinski definition) is 1. The summed E-state index contributed by atoms with van der Waals surface area (Å²) >= 11 is 3.38. The highest BCUT2D eigenvalue weighted by Crippen LogP contribution is 2.27. The van der Waals surface area contributed by atoms with Gasteiger partial charge in [0.25, 0.3) is 5.91 Å². The lowest BCUT2D eigenvalue weighted by Crippen LogP contribution is -2.39. The van der Waals surface area contributed by atoms with Crippen molar-refractivity contribution in [3.63, 3.8) is 0 Å². The lowest BCUT2D eigenvalue weighted by molar-refractivity contribution is -0.138. The molecule has 1 amide bonds. The van der Waals surface area contributed by atoms with Gasteiger partial charge in [0, 0.05) is 18.0 Å². The van der Waals surface area contributed by atoms with E-state index in [1.165, 1.54) is 4.90 Å². The highest BCUT2D eigenvalue weighted by Gasteiger charge is 2.24. The third-order valence-electron chi connectivity index (χ3n) is 3.31. The summed E-state index contributed by atoms with van der Waals surface area (Å²) in [6.45, 7) is 3.95. The van der Waals surface area contributed by atoms with Crippen LogP contribution < -0.4 is 0 Å². The predicted octanol–water partition coefficient (Wildman–Crippen LogP) is 3.52. The summed E-state index contributed by atoms with van der Waals surface area (Å²) in [6, 6.07) is 6.85. The molecule has 5 nitrogen and oxygen atoms in total. The van der Waals surface area contributed by atoms with Crippen molar-refractivity contribution in [2.45, 2.75) is 26.3 Å². The Bertz CT molecular complexity index is 679. The number of nitrogens with zero attached hydrogens (tertiary/aromatic N) is 1. The molecule has 1 unspecified atom stereocenters. The fourth-order valence-electron chi connectivity index (χ4n) is 2.29. The van der Waals surface area contributed by atoms with E-state index in [1.54, 1.807) is 13.0 Å². The van der Waals surface area contributed by atoms with Crippen LogP contribution in [0.4, 0.5) is 0 Å². The number of amides is 1. The van der Waals surface area contributed by atoms with Gasteiger partial charge in [-0.25, -0.2) is 0 Å². The van der Waals surface area contributed by atoms with Crippen LogP contribution in [-0.2, 0) is 4.79 Å². The Morgan fingerprint density at radius 2 is 2.14 bits per heavy atom. The Hall–Kier alpha value is -1.82. The number of aliphatic carboxylic acids is 1. The molecule has 0 saturated heterocycles. The van der Waals surface area contributed by atoms with Gasteiger partial charge in [-0.1, -0.05) is 12.1 Å². The molecule has 1 heterocycles. The van der Waals surface area contributed by atoms with Crippen molar-refractivity contribution in [1.29, 1.82) is 0 Å². The molecular weight excluding hydrogens is 338 g/mol. The van der Waals surface area contributed by atoms with Gasteiger partial charge in [0.1, 0.15) is 5.58 Å². The van der Waals surface area contributed by atoms with Crippen LogP contribution >= 0.6 is 15.9 Å². The minimum absolute atomic E-state index is 0.0937. The van der Waals surface area contributed by atoms with Gasteiger partial charge in [0.05, 0.1) is 10.9 Å². The van der Waals surface area contributed by atoms with E-state index in [0.29, 0.717) is 12.1 Å². The molecular formula is C15H16BrNO4. The molecule has 0 aliphatic carbocycles. The minimum atomic E-state index is -0.930. The van der Waals surface area contributed by atoms with Gasteiger partial charge in [0.15, 0.2) is 5.76 Å². The maximum absolute atomic E-state index is 12.5. The van der Waals surface area contributed by atoms with Crippen molar-refractivity contribution in [2.75, 3.05) is 6.54 Å². The molecule has 0 aliphatic rings. The van der Waals surface area contributed by atoms with Crippen LogP contribution in [-0.4, -0.2) is 34.5 Å². The van der Waals surface area contributed by atoms with Gasteiger partial charge in [-0.2, -0.15) is 0 Å². The first-order chi connectivity index (χ1) is 9.93. The molecule has 0 aliphatic heterocycles. The Kier molecular flexibility index (Phi) is 4.67. The Morgan fingerprint density at radius 1 is 1.43 bits per heavy atom. The summed E-state index contributed by atoms with van der Waals surface area (Å²) < 4.78 is 6.39. The zero-order valence-electron chi connectivity index (χ0n) is 11.8. The van der Waals surface area contributed by atoms with Crippen molar-refractivity contribution in [3.05, 3.63) is 34.5 Å². The van der Waals surface area contributed by atoms with Gasteiger partial charge in [-0.15, -0.1) is 0 Å². The number of carboxylic acids is 1. The third-order valence-corrected chi connectivity index (χ3v) is 3.93. The molecule has 1 N–H and O–H groups in total. The second-order valence-electron chi connectivity index (χ2n) is 4.81. The summed E-state index contributed by atoms with van der Waals surface area (Å²) in [5, 5.41) is 9.69. The number of carboxylic acid groups (broad SMARTS) is 1. The number of carbonyl (C=O) groups excluding carboxylic acids is 1. The van der Waals surface area contributed by atoms with E-state index in [4.69, 9.17) is 9.52 Å². The molecule has 6 heteroatoms. The number of rotatable bonds is 5. The number of fused-ring (bicyclic) bond motifs is 1. The standard InChI is InChI=1S/C15H16BrNO4/c1-3-17(9(2)7-13(18)19)15(20)12-8-10-5-4-6-11(16)14(10)21-12/h4-6,8-9H,3,7H2,1-2H3,(H,18,19). The van der Waals surface area contributed by atoms with Crippen LogP contribution in [0, 0.1) is 0 Å². The molecule has 1 atom stereocenters. The molecule has 0 spiro atoms. The van der Waals surface area contributed by atoms with Gasteiger partial charge in [0.2, 0.25) is 0 Å². The number of para-hydroxylation sites is 1. The van der Waals surface area contributed by atoms with Crippen LogP contribution in [0.25, 0.3) is 11.0 Å². The molecule has 0 radical (unpaired) electrons. The first-order valence-corrected chi connectivity index (χ1v) is 7.44. The van der Waals surface area contributed by atoms with Gasteiger partial charge < -0.3 is 14.4 Å². The molecule has 1 aromatic heterocycles. The first kappa shape index (κ1) is 15.6. The van der Waals surface area contributed by atoms with Gasteiger partial charge >= 0.3 is 5.97 Å². The average Bonchev–Trinajstić information content (AvgIpc) is 2.84. The maximum Gasteiger partial charge on any atom is 0.305 e. The molecule has 2 aromatic rings. The number of hydrogen-bond acceptors (Lipinski definition) is 3. The van der Waals surface area contributed by atoms with E-state index in [-0.39, 0.29) is 18.1 Å². The molecule has 0 fully saturated rings. The Morgan fingerprint density at radius 3 is 2.71 bits per heavy atom. The number of carbonyl (C=O) groups is 2. The van der Waals surface area contributed by atoms with Crippen LogP contribution in [0.1, 0.15) is 30.8 Å². The van der Waals surface area contributed by atoms with Gasteiger partial charge in [-0.3, -0.25) is 9.59 Å². The van der Waals surface area contributed by atoms with Gasteiger partial charge in [-0.05, 0) is 41.9 Å². The van der Waals surface area contributed by atoms with Crippen LogP contribution in [0.2, 0.25) is 0 Å². The van der Waals surface area contributed by atoms with E-state index >= 15 is 0 Å². The van der Waals surface area contributed by atoms with E-state index in [9.17, 15) is 9.59 Å². The van der Waals surface area contributed by atoms with Crippen molar-refractivity contribution >= 4 is 38.8 Å². The van der Waals surface area contributed by atoms with E-state index in [1.807, 2.05) is 25.1 Å². The fraction of sp³-hybridized carbons (Fsp3) is 0.333. The van der Waals surface area contributed by atoms with Crippen molar-refractivity contribution in [2.24, 2.45) is 0 Å². The lowest BCUT2D eigenvalue weighted by Gasteiger charge is -2.25. The van der Waals surface area contributed by atoms with E-state index < -0.39 is 12.0 Å². The zero-order valence-corrected chi connectivity index (χ0v) is 13.4. The number of furan rings is 1. The number of benzene rings is 1. The fourth-order valence-corrected chi connectivity index (χ4v) is 2.76. The van der Waals surface area contributed by atoms with Crippen molar-refractivity contribution in [1.82, 2.24) is 4.90 Å². The quantitative estimate of drug-likeness (QED) is 0.892. The lowest BCUT2D eigenvalue weighted by atomic mass is 10.2. The monoisotopic (exact) mass is 353 g/mol. The highest BCUT2D eigenvalue weighted by atomic mass is 79.9. The third kappa shape index (κ3) is 3.26. The van der Waals surface area contributed by atoms with Crippen LogP contribution in [0.15, 0.2) is 33.2 Å². The normalized spacial score (nSPS) is 12.3. The molecule has 0 bridgehead atoms. The average molecular weight is 354 g/mol. The molecule has 0 saturated carbocycles. The summed E-state index contributed by atoms with van der Waals surface area (Å²) in [5.41, 5.74) is 0.614. The van der Waals surface area contributed by atoms with E-state index in [0.717, 1.165) is 9.86 Å². The predicted molar refractivity (Wildman–Crippen MR) is 82.3 cm³/mol. The minimum Gasteiger partial charge on any atom is -0.481 e. The van der Waals surface area contributed by atoms with Crippen LogP contribution in [0.5, 0.6) is 0 Å². The van der Waals surface area contributed by atoms with Crippen LogP contribution in [0.3, 0.4) is 0 Å².